The van der Waals surface area contributed by atoms with E-state index in [0.29, 0.717) is 11.7 Å². The number of imidazole rings is 1. The van der Waals surface area contributed by atoms with E-state index in [1.54, 1.807) is 7.11 Å². The molecule has 0 saturated heterocycles. The molecule has 31 heavy (non-hydrogen) atoms. The van der Waals surface area contributed by atoms with Gasteiger partial charge in [0.15, 0.2) is 5.82 Å². The van der Waals surface area contributed by atoms with E-state index in [2.05, 4.69) is 70.4 Å². The SMILES string of the molecule is COc1nnc(NC2=CCC=c3c(ncn3-c3c(C)cccc3C)=C2)c2ccccc12. The molecule has 4 aromatic rings. The van der Waals surface area contributed by atoms with E-state index < -0.39 is 0 Å². The second-order valence-electron chi connectivity index (χ2n) is 7.60. The zero-order chi connectivity index (χ0) is 21.4. The molecule has 2 aromatic carbocycles. The molecule has 0 bridgehead atoms. The summed E-state index contributed by atoms with van der Waals surface area (Å²) in [6, 6.07) is 14.3. The summed E-state index contributed by atoms with van der Waals surface area (Å²) in [6.45, 7) is 4.27. The van der Waals surface area contributed by atoms with E-state index in [0.717, 1.165) is 33.6 Å². The molecular weight excluding hydrogens is 386 g/mol. The molecule has 6 nitrogen and oxygen atoms in total. The maximum absolute atomic E-state index is 5.36. The van der Waals surface area contributed by atoms with Gasteiger partial charge in [0, 0.05) is 16.5 Å². The summed E-state index contributed by atoms with van der Waals surface area (Å²) in [5, 5.41) is 15.9. The average molecular weight is 409 g/mol. The van der Waals surface area contributed by atoms with Crippen molar-refractivity contribution in [1.29, 1.82) is 0 Å². The first-order valence-corrected chi connectivity index (χ1v) is 10.2. The zero-order valence-corrected chi connectivity index (χ0v) is 17.8. The van der Waals surface area contributed by atoms with Gasteiger partial charge in [-0.15, -0.1) is 10.2 Å². The van der Waals surface area contributed by atoms with Gasteiger partial charge in [0.1, 0.15) is 6.33 Å². The maximum atomic E-state index is 5.36. The van der Waals surface area contributed by atoms with Crippen molar-refractivity contribution >= 4 is 28.7 Å². The highest BCUT2D eigenvalue weighted by molar-refractivity contribution is 5.95. The van der Waals surface area contributed by atoms with Crippen LogP contribution in [0.1, 0.15) is 17.5 Å². The summed E-state index contributed by atoms with van der Waals surface area (Å²) in [7, 11) is 1.61. The maximum Gasteiger partial charge on any atom is 0.241 e. The number of allylic oxidation sites excluding steroid dienone is 2. The lowest BCUT2D eigenvalue weighted by molar-refractivity contribution is 0.398. The van der Waals surface area contributed by atoms with E-state index in [-0.39, 0.29) is 0 Å². The Morgan fingerprint density at radius 3 is 2.48 bits per heavy atom. The van der Waals surface area contributed by atoms with Crippen LogP contribution in [0.3, 0.4) is 0 Å². The first-order chi connectivity index (χ1) is 15.2. The Bertz CT molecular complexity index is 1430. The number of anilines is 1. The summed E-state index contributed by atoms with van der Waals surface area (Å²) in [5.41, 5.74) is 4.57. The van der Waals surface area contributed by atoms with Crippen LogP contribution in [0.15, 0.2) is 60.6 Å². The third-order valence-corrected chi connectivity index (χ3v) is 5.57. The molecule has 2 heterocycles. The Morgan fingerprint density at radius 2 is 1.71 bits per heavy atom. The van der Waals surface area contributed by atoms with Crippen molar-refractivity contribution in [2.24, 2.45) is 0 Å². The summed E-state index contributed by atoms with van der Waals surface area (Å²) in [4.78, 5) is 4.70. The predicted octanol–water partition coefficient (Wildman–Crippen LogP) is 3.40. The molecular formula is C25H23N5O. The Hall–Kier alpha value is -3.93. The number of rotatable bonds is 4. The minimum Gasteiger partial charge on any atom is -0.479 e. The van der Waals surface area contributed by atoms with Gasteiger partial charge in [0.2, 0.25) is 5.88 Å². The van der Waals surface area contributed by atoms with E-state index in [1.165, 1.54) is 16.8 Å². The quantitative estimate of drug-likeness (QED) is 0.560. The Balaban J connectivity index is 1.56. The average Bonchev–Trinajstić information content (AvgIpc) is 3.04. The fourth-order valence-corrected chi connectivity index (χ4v) is 4.10. The molecule has 0 saturated carbocycles. The van der Waals surface area contributed by atoms with Gasteiger partial charge in [-0.25, -0.2) is 4.98 Å². The Labute approximate surface area is 180 Å². The number of para-hydroxylation sites is 1. The minimum absolute atomic E-state index is 0.517. The second kappa shape index (κ2) is 7.72. The summed E-state index contributed by atoms with van der Waals surface area (Å²) in [5.74, 6) is 1.21. The van der Waals surface area contributed by atoms with Gasteiger partial charge >= 0.3 is 0 Å². The number of hydrogen-bond donors (Lipinski definition) is 1. The first-order valence-electron chi connectivity index (χ1n) is 10.2. The van der Waals surface area contributed by atoms with Gasteiger partial charge in [-0.05, 0) is 43.5 Å². The number of aryl methyl sites for hydroxylation is 2. The fourth-order valence-electron chi connectivity index (χ4n) is 4.10. The highest BCUT2D eigenvalue weighted by atomic mass is 16.5. The smallest absolute Gasteiger partial charge is 0.241 e. The standard InChI is InChI=1S/C25H23N5O/c1-16-8-6-9-17(2)23(16)30-15-26-21-14-18(10-7-13-22(21)30)27-24-19-11-4-5-12-20(19)25(31-3)29-28-24/h4-6,8-15H,7H2,1-3H3,(H,27,28). The lowest BCUT2D eigenvalue weighted by Gasteiger charge is -2.10. The molecule has 2 aromatic heterocycles. The van der Waals surface area contributed by atoms with Gasteiger partial charge in [0.25, 0.3) is 0 Å². The molecule has 0 spiro atoms. The molecule has 5 rings (SSSR count). The third kappa shape index (κ3) is 3.36. The van der Waals surface area contributed by atoms with Crippen molar-refractivity contribution in [2.45, 2.75) is 20.3 Å². The van der Waals surface area contributed by atoms with Crippen molar-refractivity contribution in [2.75, 3.05) is 12.4 Å². The number of nitrogens with zero attached hydrogens (tertiary/aromatic N) is 4. The van der Waals surface area contributed by atoms with Crippen molar-refractivity contribution in [3.8, 4) is 11.6 Å². The van der Waals surface area contributed by atoms with Crippen LogP contribution in [0.25, 0.3) is 28.6 Å². The van der Waals surface area contributed by atoms with Gasteiger partial charge in [-0.2, -0.15) is 0 Å². The lowest BCUT2D eigenvalue weighted by Crippen LogP contribution is -2.30. The molecule has 0 amide bonds. The molecule has 1 aliphatic rings. The topological polar surface area (TPSA) is 64.9 Å². The normalized spacial score (nSPS) is 12.9. The molecule has 0 unspecified atom stereocenters. The highest BCUT2D eigenvalue weighted by Gasteiger charge is 2.12. The van der Waals surface area contributed by atoms with Crippen LogP contribution >= 0.6 is 0 Å². The van der Waals surface area contributed by atoms with Crippen molar-refractivity contribution in [1.82, 2.24) is 19.7 Å². The molecule has 6 heteroatoms. The molecule has 0 fully saturated rings. The Kier molecular flexibility index (Phi) is 4.75. The van der Waals surface area contributed by atoms with Crippen molar-refractivity contribution in [3.63, 3.8) is 0 Å². The van der Waals surface area contributed by atoms with Crippen LogP contribution in [0, 0.1) is 13.8 Å². The van der Waals surface area contributed by atoms with Crippen LogP contribution < -0.4 is 20.8 Å². The molecule has 0 aliphatic heterocycles. The summed E-state index contributed by atoms with van der Waals surface area (Å²) < 4.78 is 7.54. The van der Waals surface area contributed by atoms with Crippen LogP contribution in [-0.2, 0) is 0 Å². The summed E-state index contributed by atoms with van der Waals surface area (Å²) in [6.07, 6.45) is 9.08. The van der Waals surface area contributed by atoms with Crippen LogP contribution in [0.2, 0.25) is 0 Å². The minimum atomic E-state index is 0.517. The number of nitrogens with one attached hydrogen (secondary N) is 1. The number of hydrogen-bond acceptors (Lipinski definition) is 5. The number of benzene rings is 2. The number of fused-ring (bicyclic) bond motifs is 2. The highest BCUT2D eigenvalue weighted by Crippen LogP contribution is 2.28. The molecule has 154 valence electrons. The van der Waals surface area contributed by atoms with Gasteiger partial charge in [-0.1, -0.05) is 48.6 Å². The first kappa shape index (κ1) is 19.1. The fraction of sp³-hybridized carbons (Fsp3) is 0.160. The molecule has 0 radical (unpaired) electrons. The Morgan fingerprint density at radius 1 is 0.935 bits per heavy atom. The molecule has 0 atom stereocenters. The number of aromatic nitrogens is 4. The van der Waals surface area contributed by atoms with Crippen molar-refractivity contribution < 1.29 is 4.74 Å². The van der Waals surface area contributed by atoms with Crippen LogP contribution in [-0.4, -0.2) is 26.9 Å². The van der Waals surface area contributed by atoms with Crippen molar-refractivity contribution in [3.05, 3.63) is 82.4 Å². The number of methoxy groups -OCH3 is 1. The molecule has 1 aliphatic carbocycles. The van der Waals surface area contributed by atoms with Gasteiger partial charge < -0.3 is 10.1 Å². The third-order valence-electron chi connectivity index (χ3n) is 5.57. The van der Waals surface area contributed by atoms with Gasteiger partial charge in [0.05, 0.1) is 23.5 Å². The van der Waals surface area contributed by atoms with Crippen LogP contribution in [0.4, 0.5) is 5.82 Å². The van der Waals surface area contributed by atoms with E-state index in [1.807, 2.05) is 30.6 Å². The van der Waals surface area contributed by atoms with E-state index >= 15 is 0 Å². The lowest BCUT2D eigenvalue weighted by atomic mass is 10.1. The second-order valence-corrected chi connectivity index (χ2v) is 7.60. The predicted molar refractivity (Wildman–Crippen MR) is 124 cm³/mol. The monoisotopic (exact) mass is 409 g/mol. The number of ether oxygens (including phenoxy) is 1. The summed E-state index contributed by atoms with van der Waals surface area (Å²) >= 11 is 0. The largest absolute Gasteiger partial charge is 0.479 e. The van der Waals surface area contributed by atoms with Crippen LogP contribution in [0.5, 0.6) is 5.88 Å². The van der Waals surface area contributed by atoms with E-state index in [9.17, 15) is 0 Å². The van der Waals surface area contributed by atoms with Gasteiger partial charge in [-0.3, -0.25) is 4.57 Å². The van der Waals surface area contributed by atoms with E-state index in [4.69, 9.17) is 9.72 Å². The molecule has 1 N–H and O–H groups in total. The zero-order valence-electron chi connectivity index (χ0n) is 17.8.